The molecule has 0 aromatic carbocycles. The summed E-state index contributed by atoms with van der Waals surface area (Å²) in [5, 5.41) is 11.2. The van der Waals surface area contributed by atoms with Crippen LogP contribution >= 0.6 is 0 Å². The number of amides is 1. The van der Waals surface area contributed by atoms with Gasteiger partial charge in [-0.2, -0.15) is 10.2 Å². The zero-order valence-electron chi connectivity index (χ0n) is 15.7. The monoisotopic (exact) mass is 397 g/mol. The smallest absolute Gasteiger partial charge is 0.264 e. The molecular weight excluding hydrogens is 380 g/mol. The van der Waals surface area contributed by atoms with Gasteiger partial charge in [-0.15, -0.1) is 0 Å². The summed E-state index contributed by atoms with van der Waals surface area (Å²) in [4.78, 5) is 20.9. The number of hydrogen-bond acceptors (Lipinski definition) is 5. The van der Waals surface area contributed by atoms with E-state index in [1.165, 1.54) is 10.7 Å². The maximum Gasteiger partial charge on any atom is 0.264 e. The zero-order chi connectivity index (χ0) is 20.5. The van der Waals surface area contributed by atoms with Crippen molar-refractivity contribution in [2.45, 2.75) is 19.9 Å². The molecule has 0 fully saturated rings. The highest BCUT2D eigenvalue weighted by atomic mass is 19.3. The fourth-order valence-corrected chi connectivity index (χ4v) is 3.13. The Labute approximate surface area is 164 Å². The molecule has 0 unspecified atom stereocenters. The Kier molecular flexibility index (Phi) is 4.75. The molecule has 0 atom stereocenters. The van der Waals surface area contributed by atoms with Crippen LogP contribution in [0.1, 0.15) is 17.7 Å². The van der Waals surface area contributed by atoms with Gasteiger partial charge in [-0.3, -0.25) is 9.48 Å². The molecule has 0 aliphatic heterocycles. The van der Waals surface area contributed by atoms with Gasteiger partial charge in [-0.1, -0.05) is 6.07 Å². The third-order valence-corrected chi connectivity index (χ3v) is 4.37. The fraction of sp³-hybridized carbons (Fsp3) is 0.211. The molecule has 4 aromatic rings. The van der Waals surface area contributed by atoms with E-state index in [0.29, 0.717) is 22.8 Å². The van der Waals surface area contributed by atoms with Crippen LogP contribution in [0.15, 0.2) is 42.9 Å². The Bertz CT molecular complexity index is 1180. The van der Waals surface area contributed by atoms with Crippen molar-refractivity contribution in [2.24, 2.45) is 7.05 Å². The average Bonchev–Trinajstić information content (AvgIpc) is 3.25. The highest BCUT2D eigenvalue weighted by molar-refractivity contribution is 5.91. The van der Waals surface area contributed by atoms with E-state index in [4.69, 9.17) is 0 Å². The van der Waals surface area contributed by atoms with Crippen molar-refractivity contribution < 1.29 is 13.6 Å². The second-order valence-electron chi connectivity index (χ2n) is 6.50. The first kappa shape index (κ1) is 18.7. The molecule has 1 amide bonds. The van der Waals surface area contributed by atoms with Crippen LogP contribution < -0.4 is 5.32 Å². The fourth-order valence-electron chi connectivity index (χ4n) is 3.13. The Hall–Kier alpha value is -3.69. The van der Waals surface area contributed by atoms with E-state index in [-0.39, 0.29) is 29.0 Å². The predicted molar refractivity (Wildman–Crippen MR) is 102 cm³/mol. The second kappa shape index (κ2) is 7.38. The minimum absolute atomic E-state index is 0.178. The van der Waals surface area contributed by atoms with Crippen molar-refractivity contribution in [3.63, 3.8) is 0 Å². The van der Waals surface area contributed by atoms with Crippen LogP contribution in [0.3, 0.4) is 0 Å². The maximum absolute atomic E-state index is 13.8. The number of carbonyl (C=O) groups excluding carboxylic acids is 1. The van der Waals surface area contributed by atoms with Crippen molar-refractivity contribution in [2.75, 3.05) is 5.32 Å². The molecule has 0 saturated carbocycles. The summed E-state index contributed by atoms with van der Waals surface area (Å²) in [6, 6.07) is 6.47. The lowest BCUT2D eigenvalue weighted by atomic mass is 10.1. The van der Waals surface area contributed by atoms with Crippen molar-refractivity contribution >= 4 is 22.8 Å². The number of nitrogens with zero attached hydrogens (tertiary/aromatic N) is 6. The number of fused-ring (bicyclic) bond motifs is 1. The number of alkyl halides is 2. The Morgan fingerprint density at radius 2 is 2.14 bits per heavy atom. The van der Waals surface area contributed by atoms with E-state index in [1.54, 1.807) is 55.4 Å². The third-order valence-electron chi connectivity index (χ3n) is 4.37. The largest absolute Gasteiger partial charge is 0.309 e. The summed E-state index contributed by atoms with van der Waals surface area (Å²) in [5.41, 5.74) is 1.36. The van der Waals surface area contributed by atoms with Gasteiger partial charge < -0.3 is 5.32 Å². The molecular formula is C19H17F2N7O. The van der Waals surface area contributed by atoms with Crippen molar-refractivity contribution in [1.82, 2.24) is 29.5 Å². The first-order valence-electron chi connectivity index (χ1n) is 8.78. The molecule has 0 spiro atoms. The topological polar surface area (TPSA) is 90.5 Å². The van der Waals surface area contributed by atoms with Crippen molar-refractivity contribution in [3.05, 3.63) is 54.1 Å². The predicted octanol–water partition coefficient (Wildman–Crippen LogP) is 3.11. The Morgan fingerprint density at radius 1 is 1.31 bits per heavy atom. The van der Waals surface area contributed by atoms with E-state index in [9.17, 15) is 13.6 Å². The Morgan fingerprint density at radius 3 is 2.79 bits per heavy atom. The quantitative estimate of drug-likeness (QED) is 0.559. The first-order chi connectivity index (χ1) is 13.9. The van der Waals surface area contributed by atoms with Gasteiger partial charge in [-0.05, 0) is 25.1 Å². The molecule has 0 aliphatic carbocycles. The van der Waals surface area contributed by atoms with E-state index < -0.39 is 6.43 Å². The molecule has 8 nitrogen and oxygen atoms in total. The lowest BCUT2D eigenvalue weighted by molar-refractivity contribution is -0.116. The van der Waals surface area contributed by atoms with Gasteiger partial charge in [0, 0.05) is 30.6 Å². The molecule has 4 aromatic heterocycles. The van der Waals surface area contributed by atoms with E-state index in [1.807, 2.05) is 0 Å². The van der Waals surface area contributed by atoms with Crippen molar-refractivity contribution in [1.29, 1.82) is 0 Å². The minimum Gasteiger partial charge on any atom is -0.309 e. The first-order valence-corrected chi connectivity index (χ1v) is 8.78. The minimum atomic E-state index is -2.71. The van der Waals surface area contributed by atoms with Gasteiger partial charge in [-0.25, -0.2) is 23.4 Å². The summed E-state index contributed by atoms with van der Waals surface area (Å²) < 4.78 is 30.4. The number of hydrogen-bond donors (Lipinski definition) is 1. The number of rotatable bonds is 5. The Balaban J connectivity index is 1.76. The van der Waals surface area contributed by atoms with Gasteiger partial charge in [0.1, 0.15) is 12.4 Å². The molecule has 0 bridgehead atoms. The molecule has 4 rings (SSSR count). The third kappa shape index (κ3) is 3.68. The van der Waals surface area contributed by atoms with Crippen LogP contribution in [-0.2, 0) is 18.4 Å². The number of anilines is 1. The van der Waals surface area contributed by atoms with Crippen LogP contribution in [0, 0.1) is 6.92 Å². The molecule has 1 N–H and O–H groups in total. The van der Waals surface area contributed by atoms with Crippen LogP contribution in [-0.4, -0.2) is 35.4 Å². The SMILES string of the molecule is Cc1nn(CC(=O)Nc2ccccn2)c2nc(-c3cnn(C)c3)cc(C(F)F)c12. The van der Waals surface area contributed by atoms with Crippen LogP contribution in [0.2, 0.25) is 0 Å². The highest BCUT2D eigenvalue weighted by Gasteiger charge is 2.22. The lowest BCUT2D eigenvalue weighted by Crippen LogP contribution is -2.20. The lowest BCUT2D eigenvalue weighted by Gasteiger charge is -2.08. The highest BCUT2D eigenvalue weighted by Crippen LogP contribution is 2.32. The van der Waals surface area contributed by atoms with Crippen molar-refractivity contribution in [3.8, 4) is 11.3 Å². The molecule has 29 heavy (non-hydrogen) atoms. The summed E-state index contributed by atoms with van der Waals surface area (Å²) in [5.74, 6) is 0.00300. The number of carbonyl (C=O) groups is 1. The normalized spacial score (nSPS) is 11.3. The number of pyridine rings is 2. The zero-order valence-corrected chi connectivity index (χ0v) is 15.7. The number of nitrogens with one attached hydrogen (secondary N) is 1. The molecule has 148 valence electrons. The van der Waals surface area contributed by atoms with Gasteiger partial charge in [0.2, 0.25) is 5.91 Å². The molecule has 0 radical (unpaired) electrons. The summed E-state index contributed by atoms with van der Waals surface area (Å²) >= 11 is 0. The van der Waals surface area contributed by atoms with E-state index in [2.05, 4.69) is 25.5 Å². The summed E-state index contributed by atoms with van der Waals surface area (Å²) in [6.45, 7) is 1.43. The molecule has 4 heterocycles. The molecule has 0 aliphatic rings. The summed E-state index contributed by atoms with van der Waals surface area (Å²) in [7, 11) is 1.73. The standard InChI is InChI=1S/C19H17F2N7O/c1-11-17-13(18(20)21)7-14(12-8-23-27(2)9-12)24-19(17)28(26-11)10-16(29)25-15-5-3-4-6-22-15/h3-9,18H,10H2,1-2H3,(H,22,25,29). The number of halogens is 2. The van der Waals surface area contributed by atoms with Gasteiger partial charge in [0.15, 0.2) is 5.65 Å². The number of aromatic nitrogens is 6. The van der Waals surface area contributed by atoms with E-state index in [0.717, 1.165) is 0 Å². The van der Waals surface area contributed by atoms with Gasteiger partial charge in [0.25, 0.3) is 6.43 Å². The van der Waals surface area contributed by atoms with Gasteiger partial charge >= 0.3 is 0 Å². The van der Waals surface area contributed by atoms with Crippen LogP contribution in [0.4, 0.5) is 14.6 Å². The maximum atomic E-state index is 13.8. The molecule has 10 heteroatoms. The second-order valence-corrected chi connectivity index (χ2v) is 6.50. The van der Waals surface area contributed by atoms with Crippen LogP contribution in [0.25, 0.3) is 22.3 Å². The van der Waals surface area contributed by atoms with E-state index >= 15 is 0 Å². The average molecular weight is 397 g/mol. The summed E-state index contributed by atoms with van der Waals surface area (Å²) in [6.07, 6.45) is 2.07. The van der Waals surface area contributed by atoms with Crippen LogP contribution in [0.5, 0.6) is 0 Å². The molecule has 0 saturated heterocycles. The number of aryl methyl sites for hydroxylation is 2. The van der Waals surface area contributed by atoms with Gasteiger partial charge in [0.05, 0.1) is 23.0 Å².